The average molecular weight is 417 g/mol. The zero-order chi connectivity index (χ0) is 22.0. The fraction of sp³-hybridized carbons (Fsp3) is 0.292. The number of hydrogen-bond acceptors (Lipinski definition) is 6. The van der Waals surface area contributed by atoms with Crippen LogP contribution in [-0.4, -0.2) is 44.0 Å². The van der Waals surface area contributed by atoms with Crippen molar-refractivity contribution >= 4 is 23.1 Å². The van der Waals surface area contributed by atoms with Crippen LogP contribution in [0.25, 0.3) is 5.57 Å². The van der Waals surface area contributed by atoms with Crippen LogP contribution in [0.15, 0.2) is 48.2 Å². The smallest absolute Gasteiger partial charge is 0.282 e. The molecule has 2 aromatic rings. The molecular weight excluding hydrogens is 394 g/mol. The van der Waals surface area contributed by atoms with Crippen molar-refractivity contribution in [2.45, 2.75) is 19.3 Å². The number of rotatable bonds is 5. The van der Waals surface area contributed by atoms with Crippen molar-refractivity contribution in [1.82, 2.24) is 4.90 Å². The standard InChI is InChI=1S/C24H23N3O4/c1-30-19-11-8-17(14-20(19)31-2)21-22(26-12-4-3-5-13-26)24(29)27(23(21)28)18-9-6-16(15-25)7-10-18/h6-11,14H,3-5,12-13H2,1-2H3. The summed E-state index contributed by atoms with van der Waals surface area (Å²) >= 11 is 0. The highest BCUT2D eigenvalue weighted by Gasteiger charge is 2.42. The predicted octanol–water partition coefficient (Wildman–Crippen LogP) is 3.35. The van der Waals surface area contributed by atoms with Crippen LogP contribution in [0.2, 0.25) is 0 Å². The number of piperidine rings is 1. The van der Waals surface area contributed by atoms with Crippen LogP contribution in [0.4, 0.5) is 5.69 Å². The molecule has 31 heavy (non-hydrogen) atoms. The summed E-state index contributed by atoms with van der Waals surface area (Å²) < 4.78 is 10.7. The zero-order valence-electron chi connectivity index (χ0n) is 17.6. The Morgan fingerprint density at radius 1 is 0.871 bits per heavy atom. The van der Waals surface area contributed by atoms with Gasteiger partial charge in [0.2, 0.25) is 0 Å². The van der Waals surface area contributed by atoms with Gasteiger partial charge in [0.05, 0.1) is 37.1 Å². The Morgan fingerprint density at radius 2 is 1.55 bits per heavy atom. The topological polar surface area (TPSA) is 82.9 Å². The van der Waals surface area contributed by atoms with Crippen molar-refractivity contribution in [2.75, 3.05) is 32.2 Å². The summed E-state index contributed by atoms with van der Waals surface area (Å²) in [6.07, 6.45) is 3.05. The van der Waals surface area contributed by atoms with E-state index >= 15 is 0 Å². The maximum atomic E-state index is 13.6. The molecule has 0 saturated carbocycles. The zero-order valence-corrected chi connectivity index (χ0v) is 17.6. The summed E-state index contributed by atoms with van der Waals surface area (Å²) in [5.74, 6) is 0.304. The monoisotopic (exact) mass is 417 g/mol. The number of ether oxygens (including phenoxy) is 2. The van der Waals surface area contributed by atoms with Gasteiger partial charge in [-0.15, -0.1) is 0 Å². The van der Waals surface area contributed by atoms with Crippen molar-refractivity contribution in [3.05, 3.63) is 59.3 Å². The lowest BCUT2D eigenvalue weighted by Gasteiger charge is -2.29. The molecule has 2 amide bonds. The Kier molecular flexibility index (Phi) is 5.63. The predicted molar refractivity (Wildman–Crippen MR) is 116 cm³/mol. The average Bonchev–Trinajstić information content (AvgIpc) is 3.09. The highest BCUT2D eigenvalue weighted by Crippen LogP contribution is 2.38. The van der Waals surface area contributed by atoms with Gasteiger partial charge in [-0.1, -0.05) is 6.07 Å². The molecule has 158 valence electrons. The summed E-state index contributed by atoms with van der Waals surface area (Å²) in [7, 11) is 3.08. The Morgan fingerprint density at radius 3 is 2.16 bits per heavy atom. The summed E-state index contributed by atoms with van der Waals surface area (Å²) in [5, 5.41) is 9.06. The molecular formula is C24H23N3O4. The highest BCUT2D eigenvalue weighted by atomic mass is 16.5. The molecule has 2 aliphatic rings. The largest absolute Gasteiger partial charge is 0.493 e. The van der Waals surface area contributed by atoms with E-state index in [9.17, 15) is 9.59 Å². The van der Waals surface area contributed by atoms with E-state index in [1.807, 2.05) is 4.90 Å². The number of imide groups is 1. The SMILES string of the molecule is COc1ccc(C2=C(N3CCCCC3)C(=O)N(c3ccc(C#N)cc3)C2=O)cc1OC. The second-order valence-corrected chi connectivity index (χ2v) is 7.45. The second kappa shape index (κ2) is 8.52. The molecule has 0 unspecified atom stereocenters. The molecule has 1 fully saturated rings. The first-order valence-corrected chi connectivity index (χ1v) is 10.2. The van der Waals surface area contributed by atoms with Gasteiger partial charge in [0.15, 0.2) is 11.5 Å². The first-order valence-electron chi connectivity index (χ1n) is 10.2. The van der Waals surface area contributed by atoms with Crippen LogP contribution in [0.5, 0.6) is 11.5 Å². The maximum absolute atomic E-state index is 13.6. The van der Waals surface area contributed by atoms with Crippen molar-refractivity contribution in [2.24, 2.45) is 0 Å². The third kappa shape index (κ3) is 3.61. The quantitative estimate of drug-likeness (QED) is 0.694. The van der Waals surface area contributed by atoms with E-state index in [1.165, 1.54) is 12.0 Å². The third-order valence-corrected chi connectivity index (χ3v) is 5.66. The molecule has 0 spiro atoms. The third-order valence-electron chi connectivity index (χ3n) is 5.66. The van der Waals surface area contributed by atoms with E-state index in [2.05, 4.69) is 6.07 Å². The summed E-state index contributed by atoms with van der Waals surface area (Å²) in [4.78, 5) is 30.3. The number of carbonyl (C=O) groups is 2. The van der Waals surface area contributed by atoms with Gasteiger partial charge in [-0.3, -0.25) is 9.59 Å². The number of nitrogens with zero attached hydrogens (tertiary/aromatic N) is 3. The van der Waals surface area contributed by atoms with E-state index in [1.54, 1.807) is 49.6 Å². The molecule has 0 radical (unpaired) electrons. The van der Waals surface area contributed by atoms with Gasteiger partial charge >= 0.3 is 0 Å². The van der Waals surface area contributed by atoms with Crippen LogP contribution in [0.1, 0.15) is 30.4 Å². The van der Waals surface area contributed by atoms with Crippen LogP contribution < -0.4 is 14.4 Å². The molecule has 0 atom stereocenters. The van der Waals surface area contributed by atoms with Crippen molar-refractivity contribution in [3.63, 3.8) is 0 Å². The number of methoxy groups -OCH3 is 2. The van der Waals surface area contributed by atoms with Gasteiger partial charge in [0.25, 0.3) is 11.8 Å². The number of nitriles is 1. The molecule has 7 heteroatoms. The number of anilines is 1. The molecule has 0 aromatic heterocycles. The van der Waals surface area contributed by atoms with E-state index in [0.717, 1.165) is 32.4 Å². The molecule has 1 saturated heterocycles. The van der Waals surface area contributed by atoms with Gasteiger partial charge in [-0.05, 0) is 61.2 Å². The minimum absolute atomic E-state index is 0.346. The first-order chi connectivity index (χ1) is 15.1. The number of amides is 2. The molecule has 4 rings (SSSR count). The van der Waals surface area contributed by atoms with Gasteiger partial charge < -0.3 is 14.4 Å². The lowest BCUT2D eigenvalue weighted by molar-refractivity contribution is -0.120. The Hall–Kier alpha value is -3.79. The molecule has 2 heterocycles. The van der Waals surface area contributed by atoms with Gasteiger partial charge in [-0.2, -0.15) is 5.26 Å². The first kappa shape index (κ1) is 20.5. The summed E-state index contributed by atoms with van der Waals surface area (Å²) in [6.45, 7) is 1.46. The Bertz CT molecular complexity index is 1090. The molecule has 2 aromatic carbocycles. The van der Waals surface area contributed by atoms with Crippen LogP contribution >= 0.6 is 0 Å². The number of likely N-dealkylation sites (tertiary alicyclic amines) is 1. The lowest BCUT2D eigenvalue weighted by Crippen LogP contribution is -2.37. The van der Waals surface area contributed by atoms with E-state index < -0.39 is 0 Å². The highest BCUT2D eigenvalue weighted by molar-refractivity contribution is 6.45. The molecule has 0 N–H and O–H groups in total. The number of hydrogen-bond donors (Lipinski definition) is 0. The van der Waals surface area contributed by atoms with E-state index in [0.29, 0.717) is 39.6 Å². The normalized spacial score (nSPS) is 16.5. The minimum Gasteiger partial charge on any atom is -0.493 e. The van der Waals surface area contributed by atoms with Gasteiger partial charge in [0, 0.05) is 13.1 Å². The van der Waals surface area contributed by atoms with Crippen LogP contribution in [0.3, 0.4) is 0 Å². The minimum atomic E-state index is -0.387. The number of benzene rings is 2. The molecule has 0 bridgehead atoms. The van der Waals surface area contributed by atoms with Crippen molar-refractivity contribution in [1.29, 1.82) is 5.26 Å². The van der Waals surface area contributed by atoms with Crippen molar-refractivity contribution in [3.8, 4) is 17.6 Å². The van der Waals surface area contributed by atoms with Crippen LogP contribution in [-0.2, 0) is 9.59 Å². The van der Waals surface area contributed by atoms with Gasteiger partial charge in [0.1, 0.15) is 5.70 Å². The summed E-state index contributed by atoms with van der Waals surface area (Å²) in [5.41, 5.74) is 2.29. The molecule has 0 aliphatic carbocycles. The molecule has 2 aliphatic heterocycles. The summed E-state index contributed by atoms with van der Waals surface area (Å²) in [6, 6.07) is 13.7. The van der Waals surface area contributed by atoms with E-state index in [-0.39, 0.29) is 11.8 Å². The second-order valence-electron chi connectivity index (χ2n) is 7.45. The lowest BCUT2D eigenvalue weighted by atomic mass is 10.0. The molecule has 7 nitrogen and oxygen atoms in total. The van der Waals surface area contributed by atoms with E-state index in [4.69, 9.17) is 14.7 Å². The van der Waals surface area contributed by atoms with Gasteiger partial charge in [-0.25, -0.2) is 4.90 Å². The van der Waals surface area contributed by atoms with Crippen molar-refractivity contribution < 1.29 is 19.1 Å². The number of carbonyl (C=O) groups excluding carboxylic acids is 2. The van der Waals surface area contributed by atoms with Crippen LogP contribution in [0, 0.1) is 11.3 Å². The maximum Gasteiger partial charge on any atom is 0.282 e. The Labute approximate surface area is 181 Å². The fourth-order valence-electron chi connectivity index (χ4n) is 4.10. The Balaban J connectivity index is 1.83. The fourth-order valence-corrected chi connectivity index (χ4v) is 4.10.